The number of piperidine rings is 1. The molecule has 4 aliphatic carbocycles. The van der Waals surface area contributed by atoms with E-state index in [1.165, 1.54) is 44.9 Å². The van der Waals surface area contributed by atoms with E-state index in [1.54, 1.807) is 0 Å². The molecule has 0 unspecified atom stereocenters. The van der Waals surface area contributed by atoms with E-state index < -0.39 is 0 Å². The molecule has 0 radical (unpaired) electrons. The predicted octanol–water partition coefficient (Wildman–Crippen LogP) is 3.13. The van der Waals surface area contributed by atoms with E-state index in [4.69, 9.17) is 0 Å². The summed E-state index contributed by atoms with van der Waals surface area (Å²) in [5.74, 6) is 4.72. The van der Waals surface area contributed by atoms with Crippen LogP contribution < -0.4 is 10.6 Å². The van der Waals surface area contributed by atoms with Crippen molar-refractivity contribution in [2.75, 3.05) is 13.1 Å². The molecule has 1 aliphatic heterocycles. The first-order valence-electron chi connectivity index (χ1n) is 9.28. The third-order valence-electron chi connectivity index (χ3n) is 6.79. The summed E-state index contributed by atoms with van der Waals surface area (Å²) in [6.07, 6.45) is 11.4. The summed E-state index contributed by atoms with van der Waals surface area (Å²) in [6, 6.07) is 0.526. The summed E-state index contributed by atoms with van der Waals surface area (Å²) in [5.41, 5.74) is 0. The Morgan fingerprint density at radius 2 is 1.55 bits per heavy atom. The quantitative estimate of drug-likeness (QED) is 0.833. The third-order valence-corrected chi connectivity index (χ3v) is 6.79. The first kappa shape index (κ1) is 16.6. The van der Waals surface area contributed by atoms with Crippen LogP contribution in [0.4, 0.5) is 0 Å². The third kappa shape index (κ3) is 3.46. The maximum Gasteiger partial charge on any atom is 0.220 e. The SMILES string of the molecule is Cl.O=C(CCC1CCNCC1)NC1C2CC3CC(C2)CC1C3. The molecule has 1 heterocycles. The average Bonchev–Trinajstić information content (AvgIpc) is 2.49. The molecule has 4 heteroatoms. The zero-order valence-electron chi connectivity index (χ0n) is 13.6. The van der Waals surface area contributed by atoms with Crippen LogP contribution in [0, 0.1) is 29.6 Å². The van der Waals surface area contributed by atoms with Gasteiger partial charge in [-0.05, 0) is 94.0 Å². The van der Waals surface area contributed by atoms with Crippen LogP contribution >= 0.6 is 12.4 Å². The zero-order chi connectivity index (χ0) is 14.2. The van der Waals surface area contributed by atoms with Crippen LogP contribution in [0.3, 0.4) is 0 Å². The second-order valence-corrected chi connectivity index (χ2v) is 8.26. The monoisotopic (exact) mass is 326 g/mol. The molecule has 22 heavy (non-hydrogen) atoms. The summed E-state index contributed by atoms with van der Waals surface area (Å²) < 4.78 is 0. The van der Waals surface area contributed by atoms with E-state index in [2.05, 4.69) is 10.6 Å². The van der Waals surface area contributed by atoms with E-state index in [1.807, 2.05) is 0 Å². The van der Waals surface area contributed by atoms with Gasteiger partial charge in [0.2, 0.25) is 5.91 Å². The van der Waals surface area contributed by atoms with Gasteiger partial charge in [0.05, 0.1) is 0 Å². The van der Waals surface area contributed by atoms with Gasteiger partial charge in [-0.2, -0.15) is 0 Å². The van der Waals surface area contributed by atoms with Crippen LogP contribution in [0.5, 0.6) is 0 Å². The smallest absolute Gasteiger partial charge is 0.220 e. The van der Waals surface area contributed by atoms with Gasteiger partial charge in [0, 0.05) is 12.5 Å². The topological polar surface area (TPSA) is 41.1 Å². The molecule has 0 spiro atoms. The van der Waals surface area contributed by atoms with Crippen LogP contribution in [0.2, 0.25) is 0 Å². The van der Waals surface area contributed by atoms with Crippen molar-refractivity contribution in [3.63, 3.8) is 0 Å². The normalized spacial score (nSPS) is 40.3. The minimum Gasteiger partial charge on any atom is -0.353 e. The fourth-order valence-electron chi connectivity index (χ4n) is 5.92. The second kappa shape index (κ2) is 7.09. The molecule has 0 aromatic heterocycles. The molecule has 126 valence electrons. The van der Waals surface area contributed by atoms with Gasteiger partial charge in [0.25, 0.3) is 0 Å². The van der Waals surface area contributed by atoms with Crippen molar-refractivity contribution in [2.24, 2.45) is 29.6 Å². The van der Waals surface area contributed by atoms with Gasteiger partial charge in [-0.3, -0.25) is 4.79 Å². The summed E-state index contributed by atoms with van der Waals surface area (Å²) in [7, 11) is 0. The molecule has 1 amide bonds. The fraction of sp³-hybridized carbons (Fsp3) is 0.944. The van der Waals surface area contributed by atoms with Crippen LogP contribution in [0.15, 0.2) is 0 Å². The standard InChI is InChI=1S/C18H30N2O.ClH/c21-17(2-1-12-3-5-19-6-4-12)20-18-15-8-13-7-14(10-15)11-16(18)9-13;/h12-16,18-19H,1-11H2,(H,20,21);1H. The molecule has 5 fully saturated rings. The van der Waals surface area contributed by atoms with Crippen molar-refractivity contribution in [3.8, 4) is 0 Å². The zero-order valence-corrected chi connectivity index (χ0v) is 14.4. The molecule has 0 aromatic carbocycles. The minimum absolute atomic E-state index is 0. The van der Waals surface area contributed by atoms with Crippen molar-refractivity contribution in [1.82, 2.24) is 10.6 Å². The Hall–Kier alpha value is -0.280. The Morgan fingerprint density at radius 3 is 2.14 bits per heavy atom. The van der Waals surface area contributed by atoms with Crippen LogP contribution in [0.25, 0.3) is 0 Å². The number of hydrogen-bond acceptors (Lipinski definition) is 2. The van der Waals surface area contributed by atoms with Gasteiger partial charge in [-0.25, -0.2) is 0 Å². The highest BCUT2D eigenvalue weighted by atomic mass is 35.5. The van der Waals surface area contributed by atoms with Crippen molar-refractivity contribution < 1.29 is 4.79 Å². The van der Waals surface area contributed by atoms with Crippen LogP contribution in [-0.2, 0) is 4.79 Å². The number of rotatable bonds is 4. The van der Waals surface area contributed by atoms with E-state index in [-0.39, 0.29) is 12.4 Å². The number of hydrogen-bond donors (Lipinski definition) is 2. The van der Waals surface area contributed by atoms with Gasteiger partial charge < -0.3 is 10.6 Å². The fourth-order valence-corrected chi connectivity index (χ4v) is 5.92. The van der Waals surface area contributed by atoms with Crippen molar-refractivity contribution in [3.05, 3.63) is 0 Å². The summed E-state index contributed by atoms with van der Waals surface area (Å²) in [5, 5.41) is 6.85. The molecule has 0 aromatic rings. The largest absolute Gasteiger partial charge is 0.353 e. The molecule has 3 nitrogen and oxygen atoms in total. The van der Waals surface area contributed by atoms with Gasteiger partial charge in [0.1, 0.15) is 0 Å². The number of halogens is 1. The summed E-state index contributed by atoms with van der Waals surface area (Å²) in [6.45, 7) is 2.28. The number of carbonyl (C=O) groups excluding carboxylic acids is 1. The van der Waals surface area contributed by atoms with Crippen molar-refractivity contribution in [2.45, 2.75) is 63.8 Å². The highest BCUT2D eigenvalue weighted by molar-refractivity contribution is 5.85. The Kier molecular flexibility index (Phi) is 5.34. The Bertz CT molecular complexity index is 367. The molecule has 1 saturated heterocycles. The minimum atomic E-state index is 0. The first-order valence-corrected chi connectivity index (χ1v) is 9.28. The van der Waals surface area contributed by atoms with Gasteiger partial charge in [-0.1, -0.05) is 0 Å². The van der Waals surface area contributed by atoms with Crippen LogP contribution in [0.1, 0.15) is 57.8 Å². The highest BCUT2D eigenvalue weighted by Crippen LogP contribution is 2.53. The lowest BCUT2D eigenvalue weighted by atomic mass is 9.54. The van der Waals surface area contributed by atoms with Crippen molar-refractivity contribution >= 4 is 18.3 Å². The van der Waals surface area contributed by atoms with E-state index in [0.717, 1.165) is 55.5 Å². The highest BCUT2D eigenvalue weighted by Gasteiger charge is 2.48. The molecular formula is C18H31ClN2O. The summed E-state index contributed by atoms with van der Waals surface area (Å²) >= 11 is 0. The molecule has 5 rings (SSSR count). The van der Waals surface area contributed by atoms with Gasteiger partial charge in [0.15, 0.2) is 0 Å². The predicted molar refractivity (Wildman–Crippen MR) is 91.1 cm³/mol. The molecular weight excluding hydrogens is 296 g/mol. The second-order valence-electron chi connectivity index (χ2n) is 8.26. The lowest BCUT2D eigenvalue weighted by Crippen LogP contribution is -2.55. The number of amides is 1. The lowest BCUT2D eigenvalue weighted by Gasteiger charge is -2.54. The van der Waals surface area contributed by atoms with Gasteiger partial charge >= 0.3 is 0 Å². The average molecular weight is 327 g/mol. The van der Waals surface area contributed by atoms with E-state index >= 15 is 0 Å². The number of carbonyl (C=O) groups is 1. The maximum absolute atomic E-state index is 12.4. The van der Waals surface area contributed by atoms with Crippen molar-refractivity contribution in [1.29, 1.82) is 0 Å². The Morgan fingerprint density at radius 1 is 0.955 bits per heavy atom. The molecule has 5 aliphatic rings. The maximum atomic E-state index is 12.4. The summed E-state index contributed by atoms with van der Waals surface area (Å²) in [4.78, 5) is 12.4. The Labute approximate surface area is 140 Å². The molecule has 0 atom stereocenters. The first-order chi connectivity index (χ1) is 10.3. The lowest BCUT2D eigenvalue weighted by molar-refractivity contribution is -0.125. The number of nitrogens with one attached hydrogen (secondary N) is 2. The van der Waals surface area contributed by atoms with E-state index in [9.17, 15) is 4.79 Å². The molecule has 2 N–H and O–H groups in total. The van der Waals surface area contributed by atoms with Crippen LogP contribution in [-0.4, -0.2) is 25.0 Å². The Balaban J connectivity index is 0.00000144. The van der Waals surface area contributed by atoms with E-state index in [0.29, 0.717) is 11.9 Å². The molecule has 4 saturated carbocycles. The van der Waals surface area contributed by atoms with Gasteiger partial charge in [-0.15, -0.1) is 12.4 Å². The molecule has 4 bridgehead atoms.